The lowest BCUT2D eigenvalue weighted by Crippen LogP contribution is -2.21. The molecule has 3 rings (SSSR count). The van der Waals surface area contributed by atoms with E-state index in [4.69, 9.17) is 0 Å². The number of anilines is 1. The Bertz CT molecular complexity index is 523. The Hall–Kier alpha value is -0.920. The van der Waals surface area contributed by atoms with Gasteiger partial charge in [0.2, 0.25) is 5.91 Å². The molecule has 1 N–H and O–H groups in total. The highest BCUT2D eigenvalue weighted by Crippen LogP contribution is 2.39. The summed E-state index contributed by atoms with van der Waals surface area (Å²) in [6.45, 7) is 0. The van der Waals surface area contributed by atoms with E-state index in [1.807, 2.05) is 0 Å². The van der Waals surface area contributed by atoms with E-state index in [1.165, 1.54) is 22.0 Å². The number of carbonyl (C=O) groups excluding carboxylic acids is 1. The highest BCUT2D eigenvalue weighted by Gasteiger charge is 2.28. The number of aryl methyl sites for hydroxylation is 1. The number of nitrogens with one attached hydrogen (secondary N) is 1. The van der Waals surface area contributed by atoms with Gasteiger partial charge in [0.1, 0.15) is 10.3 Å². The minimum Gasteiger partial charge on any atom is -0.314 e. The van der Waals surface area contributed by atoms with Gasteiger partial charge in [-0.05, 0) is 29.2 Å². The van der Waals surface area contributed by atoms with E-state index < -0.39 is 0 Å². The Kier molecular flexibility index (Phi) is 3.13. The smallest absolute Gasteiger partial charge is 0.242 e. The molecule has 1 amide bonds. The molecule has 1 aliphatic rings. The number of rotatable bonds is 2. The Labute approximate surface area is 111 Å². The van der Waals surface area contributed by atoms with E-state index in [-0.39, 0.29) is 11.2 Å². The number of amides is 1. The van der Waals surface area contributed by atoms with Gasteiger partial charge in [-0.25, -0.2) is 0 Å². The Morgan fingerprint density at radius 3 is 3.29 bits per heavy atom. The van der Waals surface area contributed by atoms with Crippen molar-refractivity contribution in [1.29, 1.82) is 0 Å². The molecule has 0 aromatic carbocycles. The summed E-state index contributed by atoms with van der Waals surface area (Å²) in [5.74, 6) is 1.03. The molecule has 1 aliphatic heterocycles. The fraction of sp³-hybridized carbons (Fsp3) is 0.300. The second-order valence-corrected chi connectivity index (χ2v) is 6.57. The summed E-state index contributed by atoms with van der Waals surface area (Å²) in [6.07, 6.45) is 2.65. The average molecular weight is 283 g/mol. The molecule has 4 nitrogen and oxygen atoms in total. The molecule has 2 aromatic rings. The van der Waals surface area contributed by atoms with Crippen molar-refractivity contribution in [1.82, 2.24) is 9.59 Å². The van der Waals surface area contributed by atoms with Crippen molar-refractivity contribution < 1.29 is 4.79 Å². The number of fused-ring (bicyclic) bond motifs is 1. The summed E-state index contributed by atoms with van der Waals surface area (Å²) in [6, 6.07) is 2.06. The predicted octanol–water partition coefficient (Wildman–Crippen LogP) is 2.57. The lowest BCUT2D eigenvalue weighted by Gasteiger charge is -2.20. The highest BCUT2D eigenvalue weighted by molar-refractivity contribution is 8.00. The summed E-state index contributed by atoms with van der Waals surface area (Å²) < 4.78 is 3.73. The first-order valence-corrected chi connectivity index (χ1v) is 7.81. The molecule has 0 fully saturated rings. The van der Waals surface area contributed by atoms with Gasteiger partial charge < -0.3 is 5.32 Å². The number of hydrogen-bond acceptors (Lipinski definition) is 6. The van der Waals surface area contributed by atoms with Crippen LogP contribution in [0.25, 0.3) is 0 Å². The quantitative estimate of drug-likeness (QED) is 0.920. The molecule has 1 atom stereocenters. The van der Waals surface area contributed by atoms with Crippen molar-refractivity contribution in [2.45, 2.75) is 11.7 Å². The number of carbonyl (C=O) groups is 1. The van der Waals surface area contributed by atoms with Crippen LogP contribution >= 0.6 is 34.6 Å². The fourth-order valence-corrected chi connectivity index (χ4v) is 4.49. The number of nitrogens with zero attached hydrogens (tertiary/aromatic N) is 2. The first kappa shape index (κ1) is 11.2. The van der Waals surface area contributed by atoms with Crippen molar-refractivity contribution in [2.75, 3.05) is 11.1 Å². The van der Waals surface area contributed by atoms with Crippen molar-refractivity contribution in [2.24, 2.45) is 0 Å². The highest BCUT2D eigenvalue weighted by atomic mass is 32.2. The van der Waals surface area contributed by atoms with Crippen LogP contribution in [0.1, 0.15) is 15.7 Å². The van der Waals surface area contributed by atoms with Crippen LogP contribution in [0.4, 0.5) is 5.00 Å². The molecule has 0 radical (unpaired) electrons. The number of thioether (sulfide) groups is 1. The molecule has 0 saturated carbocycles. The Balaban J connectivity index is 1.80. The van der Waals surface area contributed by atoms with E-state index in [2.05, 4.69) is 26.4 Å². The molecule has 0 bridgehead atoms. The molecular formula is C10H9N3OS3. The fourth-order valence-electron chi connectivity index (χ4n) is 1.77. The second kappa shape index (κ2) is 4.75. The van der Waals surface area contributed by atoms with Crippen LogP contribution < -0.4 is 5.32 Å². The van der Waals surface area contributed by atoms with Gasteiger partial charge in [0.05, 0.1) is 6.20 Å². The minimum absolute atomic E-state index is 0.0281. The normalized spacial score (nSPS) is 18.7. The van der Waals surface area contributed by atoms with Crippen LogP contribution in [0.5, 0.6) is 0 Å². The molecule has 3 heterocycles. The largest absolute Gasteiger partial charge is 0.314 e. The van der Waals surface area contributed by atoms with Crippen LogP contribution in [-0.4, -0.2) is 21.2 Å². The van der Waals surface area contributed by atoms with Gasteiger partial charge >= 0.3 is 0 Å². The van der Waals surface area contributed by atoms with E-state index in [1.54, 1.807) is 29.3 Å². The Morgan fingerprint density at radius 1 is 1.53 bits per heavy atom. The number of aromatic nitrogens is 2. The summed E-state index contributed by atoms with van der Waals surface area (Å²) in [4.78, 5) is 13.5. The van der Waals surface area contributed by atoms with Gasteiger partial charge in [0.25, 0.3) is 0 Å². The number of thiophene rings is 1. The van der Waals surface area contributed by atoms with Crippen LogP contribution in [0.2, 0.25) is 0 Å². The lowest BCUT2D eigenvalue weighted by molar-refractivity contribution is -0.115. The van der Waals surface area contributed by atoms with E-state index in [0.29, 0.717) is 5.00 Å². The van der Waals surface area contributed by atoms with Gasteiger partial charge in [0, 0.05) is 16.4 Å². The van der Waals surface area contributed by atoms with Gasteiger partial charge in [-0.1, -0.05) is 4.49 Å². The van der Waals surface area contributed by atoms with Crippen molar-refractivity contribution in [3.63, 3.8) is 0 Å². The third-order valence-corrected chi connectivity index (χ3v) is 5.34. The maximum absolute atomic E-state index is 12.1. The molecule has 17 heavy (non-hydrogen) atoms. The first-order chi connectivity index (χ1) is 8.34. The summed E-state index contributed by atoms with van der Waals surface area (Å²) in [7, 11) is 0. The molecular weight excluding hydrogens is 274 g/mol. The van der Waals surface area contributed by atoms with Crippen molar-refractivity contribution in [3.05, 3.63) is 28.1 Å². The van der Waals surface area contributed by atoms with Crippen LogP contribution in [-0.2, 0) is 11.2 Å². The van der Waals surface area contributed by atoms with Gasteiger partial charge in [-0.2, -0.15) is 0 Å². The van der Waals surface area contributed by atoms with Gasteiger partial charge in [-0.15, -0.1) is 28.2 Å². The molecule has 2 aromatic heterocycles. The number of hydrogen-bond donors (Lipinski definition) is 1. The second-order valence-electron chi connectivity index (χ2n) is 3.57. The van der Waals surface area contributed by atoms with E-state index in [0.717, 1.165) is 12.2 Å². The zero-order chi connectivity index (χ0) is 11.7. The predicted molar refractivity (Wildman–Crippen MR) is 71.8 cm³/mol. The van der Waals surface area contributed by atoms with Gasteiger partial charge in [-0.3, -0.25) is 4.79 Å². The molecule has 0 unspecified atom stereocenters. The lowest BCUT2D eigenvalue weighted by atomic mass is 10.1. The van der Waals surface area contributed by atoms with Gasteiger partial charge in [0.15, 0.2) is 0 Å². The van der Waals surface area contributed by atoms with Crippen LogP contribution in [0.3, 0.4) is 0 Å². The maximum atomic E-state index is 12.1. The summed E-state index contributed by atoms with van der Waals surface area (Å²) >= 11 is 4.64. The van der Waals surface area contributed by atoms with Crippen molar-refractivity contribution >= 4 is 45.5 Å². The third kappa shape index (κ3) is 2.22. The molecule has 7 heteroatoms. The Morgan fingerprint density at radius 2 is 2.47 bits per heavy atom. The standard InChI is InChI=1S/C10H9N3OS3/c14-10(12-8-5-11-13-17-8)9-6-1-3-15-7(6)2-4-16-9/h1,3,5,9H,2,4H2,(H,12,14)/t9-/m0/s1. The zero-order valence-electron chi connectivity index (χ0n) is 8.75. The molecule has 0 spiro atoms. The van der Waals surface area contributed by atoms with Crippen LogP contribution in [0.15, 0.2) is 17.6 Å². The molecule has 0 aliphatic carbocycles. The summed E-state index contributed by atoms with van der Waals surface area (Å²) in [5.41, 5.74) is 1.17. The van der Waals surface area contributed by atoms with Crippen molar-refractivity contribution in [3.8, 4) is 0 Å². The van der Waals surface area contributed by atoms with Crippen LogP contribution in [0, 0.1) is 0 Å². The molecule has 0 saturated heterocycles. The third-order valence-electron chi connectivity index (χ3n) is 2.52. The zero-order valence-corrected chi connectivity index (χ0v) is 11.2. The van der Waals surface area contributed by atoms with E-state index >= 15 is 0 Å². The maximum Gasteiger partial charge on any atom is 0.242 e. The average Bonchev–Trinajstić information content (AvgIpc) is 2.97. The van der Waals surface area contributed by atoms with E-state index in [9.17, 15) is 4.79 Å². The monoisotopic (exact) mass is 283 g/mol. The first-order valence-electron chi connectivity index (χ1n) is 5.10. The SMILES string of the molecule is O=C(Nc1cnns1)[C@H]1SCCc2sccc21. The summed E-state index contributed by atoms with van der Waals surface area (Å²) in [5, 5.41) is 9.24. The molecule has 88 valence electrons. The topological polar surface area (TPSA) is 54.9 Å². The minimum atomic E-state index is -0.0906.